The quantitative estimate of drug-likeness (QED) is 0.217. The van der Waals surface area contributed by atoms with Gasteiger partial charge in [0.2, 0.25) is 15.9 Å². The number of hydrogen-bond acceptors (Lipinski definition) is 10. The number of benzene rings is 2. The van der Waals surface area contributed by atoms with Crippen molar-refractivity contribution >= 4 is 44.9 Å². The van der Waals surface area contributed by atoms with Crippen LogP contribution in [0.3, 0.4) is 0 Å². The summed E-state index contributed by atoms with van der Waals surface area (Å²) in [4.78, 5) is 35.2. The fraction of sp³-hybridized carbons (Fsp3) is 0.548. The number of ether oxygens (including phenoxy) is 2. The molecule has 14 heteroatoms. The van der Waals surface area contributed by atoms with E-state index in [9.17, 15) is 23.3 Å². The van der Waals surface area contributed by atoms with Crippen molar-refractivity contribution < 1.29 is 27.6 Å². The van der Waals surface area contributed by atoms with Crippen molar-refractivity contribution in [3.8, 4) is 0 Å². The van der Waals surface area contributed by atoms with Gasteiger partial charge in [-0.3, -0.25) is 19.9 Å². The summed E-state index contributed by atoms with van der Waals surface area (Å²) in [5.74, 6) is -0.0458. The molecular weight excluding hydrogens is 600 g/mol. The second-order valence-corrected chi connectivity index (χ2v) is 13.2. The van der Waals surface area contributed by atoms with Gasteiger partial charge in [-0.1, -0.05) is 0 Å². The SMILES string of the molecule is CCN(CC)C(=O)[C@@H]1CCCN(c2ccc([N+](=O)[O-])cc2C=Nc2ccc(N3CCOCC3)c(S(=O)(=O)N3CCOCC3)c2)C1. The predicted molar refractivity (Wildman–Crippen MR) is 172 cm³/mol. The van der Waals surface area contributed by atoms with E-state index in [0.717, 1.165) is 18.5 Å². The van der Waals surface area contributed by atoms with Gasteiger partial charge in [0.05, 0.1) is 48.6 Å². The Labute approximate surface area is 264 Å². The third kappa shape index (κ3) is 7.46. The number of anilines is 2. The number of rotatable bonds is 10. The Morgan fingerprint density at radius 2 is 1.64 bits per heavy atom. The lowest BCUT2D eigenvalue weighted by atomic mass is 9.95. The van der Waals surface area contributed by atoms with Crippen LogP contribution in [0.1, 0.15) is 32.3 Å². The van der Waals surface area contributed by atoms with Crippen LogP contribution >= 0.6 is 0 Å². The highest BCUT2D eigenvalue weighted by molar-refractivity contribution is 7.89. The van der Waals surface area contributed by atoms with Crippen molar-refractivity contribution in [2.75, 3.05) is 88.6 Å². The molecule has 1 atom stereocenters. The Morgan fingerprint density at radius 1 is 0.978 bits per heavy atom. The first kappa shape index (κ1) is 32.8. The van der Waals surface area contributed by atoms with Gasteiger partial charge in [0.25, 0.3) is 5.69 Å². The summed E-state index contributed by atoms with van der Waals surface area (Å²) in [6.07, 6.45) is 3.15. The van der Waals surface area contributed by atoms with Gasteiger partial charge in [-0.15, -0.1) is 0 Å². The molecule has 3 heterocycles. The number of aliphatic imine (C=N–C) groups is 1. The van der Waals surface area contributed by atoms with Crippen LogP contribution in [0.5, 0.6) is 0 Å². The molecule has 5 rings (SSSR count). The summed E-state index contributed by atoms with van der Waals surface area (Å²) >= 11 is 0. The van der Waals surface area contributed by atoms with Crippen molar-refractivity contribution in [2.45, 2.75) is 31.6 Å². The van der Waals surface area contributed by atoms with Gasteiger partial charge in [-0.25, -0.2) is 8.42 Å². The molecule has 1 amide bonds. The van der Waals surface area contributed by atoms with E-state index in [0.29, 0.717) is 82.6 Å². The number of hydrogen-bond donors (Lipinski definition) is 0. The molecule has 0 aromatic heterocycles. The van der Waals surface area contributed by atoms with Crippen LogP contribution in [0.15, 0.2) is 46.3 Å². The van der Waals surface area contributed by atoms with Gasteiger partial charge in [0.1, 0.15) is 4.90 Å². The highest BCUT2D eigenvalue weighted by Gasteiger charge is 2.32. The number of nitro benzene ring substituents is 1. The van der Waals surface area contributed by atoms with Crippen LogP contribution in [0.4, 0.5) is 22.7 Å². The van der Waals surface area contributed by atoms with E-state index in [4.69, 9.17) is 9.47 Å². The minimum atomic E-state index is -3.85. The van der Waals surface area contributed by atoms with E-state index in [1.54, 1.807) is 30.5 Å². The Kier molecular flexibility index (Phi) is 10.7. The Morgan fingerprint density at radius 3 is 2.31 bits per heavy atom. The van der Waals surface area contributed by atoms with Gasteiger partial charge >= 0.3 is 0 Å². The van der Waals surface area contributed by atoms with E-state index in [1.807, 2.05) is 23.6 Å². The minimum Gasteiger partial charge on any atom is -0.379 e. The van der Waals surface area contributed by atoms with Crippen molar-refractivity contribution in [2.24, 2.45) is 10.9 Å². The first-order chi connectivity index (χ1) is 21.7. The first-order valence-electron chi connectivity index (χ1n) is 15.6. The monoisotopic (exact) mass is 642 g/mol. The molecule has 0 unspecified atom stereocenters. The molecule has 3 aliphatic rings. The molecule has 3 fully saturated rings. The summed E-state index contributed by atoms with van der Waals surface area (Å²) in [5, 5.41) is 11.7. The number of morpholine rings is 2. The highest BCUT2D eigenvalue weighted by Crippen LogP contribution is 2.34. The largest absolute Gasteiger partial charge is 0.379 e. The van der Waals surface area contributed by atoms with Crippen molar-refractivity contribution in [3.05, 3.63) is 52.1 Å². The maximum atomic E-state index is 13.9. The lowest BCUT2D eigenvalue weighted by molar-refractivity contribution is -0.384. The predicted octanol–water partition coefficient (Wildman–Crippen LogP) is 3.29. The molecule has 45 heavy (non-hydrogen) atoms. The van der Waals surface area contributed by atoms with Gasteiger partial charge < -0.3 is 24.2 Å². The van der Waals surface area contributed by atoms with Crippen LogP contribution in [0.2, 0.25) is 0 Å². The van der Waals surface area contributed by atoms with Crippen LogP contribution in [0.25, 0.3) is 0 Å². The summed E-state index contributed by atoms with van der Waals surface area (Å²) in [6, 6.07) is 9.75. The molecule has 2 aromatic carbocycles. The molecule has 244 valence electrons. The zero-order valence-electron chi connectivity index (χ0n) is 26.0. The number of amides is 1. The molecule has 3 aliphatic heterocycles. The molecular formula is C31H42N6O7S. The molecule has 0 aliphatic carbocycles. The molecule has 0 saturated carbocycles. The average Bonchev–Trinajstić information content (AvgIpc) is 3.08. The normalized spacial score (nSPS) is 20.0. The zero-order chi connectivity index (χ0) is 32.0. The van der Waals surface area contributed by atoms with Crippen molar-refractivity contribution in [1.82, 2.24) is 9.21 Å². The third-order valence-electron chi connectivity index (χ3n) is 8.64. The van der Waals surface area contributed by atoms with Gasteiger partial charge in [0.15, 0.2) is 0 Å². The lowest BCUT2D eigenvalue weighted by Crippen LogP contribution is -2.45. The number of non-ortho nitro benzene ring substituents is 1. The number of carbonyl (C=O) groups excluding carboxylic acids is 1. The zero-order valence-corrected chi connectivity index (χ0v) is 26.8. The molecule has 0 radical (unpaired) electrons. The van der Waals surface area contributed by atoms with E-state index in [2.05, 4.69) is 9.89 Å². The van der Waals surface area contributed by atoms with Gasteiger partial charge in [0, 0.05) is 82.0 Å². The van der Waals surface area contributed by atoms with E-state index < -0.39 is 14.9 Å². The molecule has 2 aromatic rings. The highest BCUT2D eigenvalue weighted by atomic mass is 32.2. The van der Waals surface area contributed by atoms with Crippen LogP contribution in [-0.4, -0.2) is 113 Å². The molecule has 13 nitrogen and oxygen atoms in total. The molecule has 3 saturated heterocycles. The topological polar surface area (TPSA) is 138 Å². The molecule has 0 spiro atoms. The first-order valence-corrected chi connectivity index (χ1v) is 17.1. The van der Waals surface area contributed by atoms with Crippen LogP contribution in [0, 0.1) is 16.0 Å². The summed E-state index contributed by atoms with van der Waals surface area (Å²) in [5.41, 5.74) is 2.19. The van der Waals surface area contributed by atoms with E-state index in [-0.39, 0.29) is 35.5 Å². The Balaban J connectivity index is 1.49. The molecule has 0 bridgehead atoms. The van der Waals surface area contributed by atoms with Crippen LogP contribution < -0.4 is 9.80 Å². The summed E-state index contributed by atoms with van der Waals surface area (Å²) < 4.78 is 40.1. The fourth-order valence-electron chi connectivity index (χ4n) is 6.16. The number of nitrogens with zero attached hydrogens (tertiary/aromatic N) is 6. The summed E-state index contributed by atoms with van der Waals surface area (Å²) in [7, 11) is -3.85. The average molecular weight is 643 g/mol. The number of nitro groups is 1. The second kappa shape index (κ2) is 14.7. The maximum Gasteiger partial charge on any atom is 0.270 e. The smallest absolute Gasteiger partial charge is 0.270 e. The lowest BCUT2D eigenvalue weighted by Gasteiger charge is -2.36. The van der Waals surface area contributed by atoms with Crippen molar-refractivity contribution in [1.29, 1.82) is 0 Å². The number of piperidine rings is 1. The van der Waals surface area contributed by atoms with Gasteiger partial charge in [-0.05, 0) is 51.0 Å². The second-order valence-electron chi connectivity index (χ2n) is 11.3. The molecule has 0 N–H and O–H groups in total. The van der Waals surface area contributed by atoms with E-state index >= 15 is 0 Å². The fourth-order valence-corrected chi connectivity index (χ4v) is 7.80. The summed E-state index contributed by atoms with van der Waals surface area (Å²) in [6.45, 7) is 9.79. The van der Waals surface area contributed by atoms with Crippen molar-refractivity contribution in [3.63, 3.8) is 0 Å². The van der Waals surface area contributed by atoms with E-state index in [1.165, 1.54) is 16.4 Å². The van der Waals surface area contributed by atoms with Gasteiger partial charge in [-0.2, -0.15) is 4.31 Å². The minimum absolute atomic E-state index is 0.0776. The standard InChI is InChI=1S/C31H42N6O7S/c1-3-33(4-2)31(38)24-6-5-11-35(23-24)28-10-8-27(37(39)40)20-25(28)22-32-26-7-9-29(34-12-16-43-17-13-34)30(21-26)45(41,42)36-14-18-44-19-15-36/h7-10,20-22,24H,3-6,11-19,23H2,1-2H3/t24-/m1/s1. The Hall–Kier alpha value is -3.59. The Bertz CT molecular complexity index is 1500. The maximum absolute atomic E-state index is 13.9. The number of carbonyl (C=O) groups is 1. The van der Waals surface area contributed by atoms with Crippen LogP contribution in [-0.2, 0) is 24.3 Å². The number of sulfonamides is 1. The third-order valence-corrected chi connectivity index (χ3v) is 10.6.